The molecule has 4 nitrogen and oxygen atoms in total. The van der Waals surface area contributed by atoms with E-state index in [4.69, 9.17) is 5.73 Å². The van der Waals surface area contributed by atoms with Crippen molar-refractivity contribution in [3.63, 3.8) is 0 Å². The molecular weight excluding hydrogens is 348 g/mol. The Morgan fingerprint density at radius 2 is 2.11 bits per heavy atom. The second kappa shape index (κ2) is 5.62. The van der Waals surface area contributed by atoms with Crippen LogP contribution >= 0.6 is 27.3 Å². The van der Waals surface area contributed by atoms with E-state index in [0.717, 1.165) is 4.88 Å². The first-order valence-corrected chi connectivity index (χ1v) is 8.56. The number of hydrogen-bond acceptors (Lipinski definition) is 4. The van der Waals surface area contributed by atoms with E-state index in [1.54, 1.807) is 13.1 Å². The normalized spacial score (nSPS) is 11.9. The van der Waals surface area contributed by atoms with Crippen molar-refractivity contribution in [1.29, 1.82) is 0 Å². The van der Waals surface area contributed by atoms with Crippen molar-refractivity contribution >= 4 is 43.0 Å². The van der Waals surface area contributed by atoms with Crippen molar-refractivity contribution in [3.8, 4) is 0 Å². The summed E-state index contributed by atoms with van der Waals surface area (Å²) in [6, 6.07) is 8.43. The third-order valence-electron chi connectivity index (χ3n) is 2.64. The lowest BCUT2D eigenvalue weighted by molar-refractivity contribution is 0.469. The molecule has 1 aromatic heterocycles. The third-order valence-corrected chi connectivity index (χ3v) is 5.99. The van der Waals surface area contributed by atoms with Gasteiger partial charge in [-0.2, -0.15) is 4.31 Å². The van der Waals surface area contributed by atoms with Crippen LogP contribution in [0.5, 0.6) is 0 Å². The van der Waals surface area contributed by atoms with Gasteiger partial charge in [-0.15, -0.1) is 11.3 Å². The lowest BCUT2D eigenvalue weighted by Gasteiger charge is -2.16. The summed E-state index contributed by atoms with van der Waals surface area (Å²) in [5, 5.41) is 1.93. The number of thiophene rings is 1. The molecule has 0 amide bonds. The summed E-state index contributed by atoms with van der Waals surface area (Å²) in [6.45, 7) is 0.363. The molecule has 2 aromatic rings. The molecule has 0 spiro atoms. The van der Waals surface area contributed by atoms with Gasteiger partial charge < -0.3 is 5.73 Å². The van der Waals surface area contributed by atoms with E-state index >= 15 is 0 Å². The van der Waals surface area contributed by atoms with Crippen LogP contribution in [0.1, 0.15) is 4.88 Å². The average Bonchev–Trinajstić information content (AvgIpc) is 2.85. The van der Waals surface area contributed by atoms with Gasteiger partial charge in [0.25, 0.3) is 0 Å². The molecule has 102 valence electrons. The molecule has 1 heterocycles. The highest BCUT2D eigenvalue weighted by atomic mass is 79.9. The van der Waals surface area contributed by atoms with E-state index in [2.05, 4.69) is 15.9 Å². The minimum Gasteiger partial charge on any atom is -0.398 e. The van der Waals surface area contributed by atoms with Crippen LogP contribution in [0.15, 0.2) is 45.1 Å². The summed E-state index contributed by atoms with van der Waals surface area (Å²) in [5.74, 6) is 0. The Labute approximate surface area is 125 Å². The van der Waals surface area contributed by atoms with E-state index in [1.165, 1.54) is 27.8 Å². The Hall–Kier alpha value is -0.890. The molecule has 2 N–H and O–H groups in total. The Morgan fingerprint density at radius 3 is 2.68 bits per heavy atom. The fourth-order valence-corrected chi connectivity index (χ4v) is 4.10. The fourth-order valence-electron chi connectivity index (χ4n) is 1.56. The van der Waals surface area contributed by atoms with Gasteiger partial charge in [-0.1, -0.05) is 6.07 Å². The summed E-state index contributed by atoms with van der Waals surface area (Å²) in [6.07, 6.45) is 0. The molecule has 7 heteroatoms. The zero-order valence-corrected chi connectivity index (χ0v) is 13.4. The van der Waals surface area contributed by atoms with Gasteiger partial charge in [0, 0.05) is 28.6 Å². The molecule has 0 fully saturated rings. The van der Waals surface area contributed by atoms with E-state index in [-0.39, 0.29) is 4.90 Å². The van der Waals surface area contributed by atoms with Crippen molar-refractivity contribution in [1.82, 2.24) is 4.31 Å². The molecule has 0 aliphatic rings. The number of halogens is 1. The van der Waals surface area contributed by atoms with Crippen molar-refractivity contribution < 1.29 is 8.42 Å². The number of nitrogen functional groups attached to an aromatic ring is 1. The van der Waals surface area contributed by atoms with Crippen molar-refractivity contribution in [2.45, 2.75) is 11.4 Å². The van der Waals surface area contributed by atoms with Crippen LogP contribution in [0.25, 0.3) is 0 Å². The molecule has 0 saturated carbocycles. The maximum absolute atomic E-state index is 12.4. The molecule has 0 aliphatic carbocycles. The highest BCUT2D eigenvalue weighted by molar-refractivity contribution is 9.10. The van der Waals surface area contributed by atoms with Crippen molar-refractivity contribution in [3.05, 3.63) is 45.1 Å². The zero-order chi connectivity index (χ0) is 14.0. The lowest BCUT2D eigenvalue weighted by Crippen LogP contribution is -2.26. The highest BCUT2D eigenvalue weighted by Gasteiger charge is 2.21. The molecule has 2 rings (SSSR count). The van der Waals surface area contributed by atoms with Crippen LogP contribution in [0.2, 0.25) is 0 Å². The molecule has 0 unspecified atom stereocenters. The second-order valence-electron chi connectivity index (χ2n) is 4.02. The van der Waals surface area contributed by atoms with Crippen LogP contribution in [-0.2, 0) is 16.6 Å². The molecule has 0 atom stereocenters. The minimum absolute atomic E-state index is 0.229. The van der Waals surface area contributed by atoms with Crippen molar-refractivity contribution in [2.75, 3.05) is 12.8 Å². The molecule has 0 bridgehead atoms. The largest absolute Gasteiger partial charge is 0.398 e. The van der Waals surface area contributed by atoms with Gasteiger partial charge in [0.15, 0.2) is 0 Å². The van der Waals surface area contributed by atoms with Gasteiger partial charge >= 0.3 is 0 Å². The van der Waals surface area contributed by atoms with Crippen LogP contribution in [0, 0.1) is 0 Å². The Kier molecular flexibility index (Phi) is 4.29. The number of rotatable bonds is 4. The van der Waals surface area contributed by atoms with Crippen molar-refractivity contribution in [2.24, 2.45) is 0 Å². The van der Waals surface area contributed by atoms with Gasteiger partial charge in [-0.25, -0.2) is 8.42 Å². The average molecular weight is 361 g/mol. The number of anilines is 1. The Balaban J connectivity index is 2.28. The topological polar surface area (TPSA) is 63.4 Å². The van der Waals surface area contributed by atoms with E-state index in [9.17, 15) is 8.42 Å². The number of sulfonamides is 1. The van der Waals surface area contributed by atoms with Gasteiger partial charge in [-0.05, 0) is 45.6 Å². The van der Waals surface area contributed by atoms with Gasteiger partial charge in [0.05, 0.1) is 4.90 Å². The van der Waals surface area contributed by atoms with Gasteiger partial charge in [-0.3, -0.25) is 0 Å². The number of benzene rings is 1. The molecule has 19 heavy (non-hydrogen) atoms. The van der Waals surface area contributed by atoms with Gasteiger partial charge in [0.2, 0.25) is 10.0 Å². The van der Waals surface area contributed by atoms with Crippen LogP contribution in [-0.4, -0.2) is 19.8 Å². The SMILES string of the molecule is CN(Cc1cccs1)S(=O)(=O)c1ccc(N)c(Br)c1. The molecule has 0 aliphatic heterocycles. The molecule has 0 radical (unpaired) electrons. The molecule has 1 aromatic carbocycles. The summed E-state index contributed by atoms with van der Waals surface area (Å²) < 4.78 is 26.7. The maximum Gasteiger partial charge on any atom is 0.243 e. The first-order valence-electron chi connectivity index (χ1n) is 5.45. The summed E-state index contributed by atoms with van der Waals surface area (Å²) >= 11 is 4.78. The summed E-state index contributed by atoms with van der Waals surface area (Å²) in [5.41, 5.74) is 6.18. The highest BCUT2D eigenvalue weighted by Crippen LogP contribution is 2.25. The molecule has 0 saturated heterocycles. The molecular formula is C12H13BrN2O2S2. The van der Waals surface area contributed by atoms with Gasteiger partial charge in [0.1, 0.15) is 0 Å². The number of hydrogen-bond donors (Lipinski definition) is 1. The predicted molar refractivity (Wildman–Crippen MR) is 81.5 cm³/mol. The van der Waals surface area contributed by atoms with E-state index in [0.29, 0.717) is 16.7 Å². The van der Waals surface area contributed by atoms with Crippen LogP contribution in [0.4, 0.5) is 5.69 Å². The summed E-state index contributed by atoms with van der Waals surface area (Å²) in [7, 11) is -1.93. The smallest absolute Gasteiger partial charge is 0.243 e. The quantitative estimate of drug-likeness (QED) is 0.852. The van der Waals surface area contributed by atoms with E-state index in [1.807, 2.05) is 17.5 Å². The first-order chi connectivity index (χ1) is 8.91. The maximum atomic E-state index is 12.4. The van der Waals surface area contributed by atoms with Crippen LogP contribution in [0.3, 0.4) is 0 Å². The number of nitrogens with two attached hydrogens (primary N) is 1. The predicted octanol–water partition coefficient (Wildman–Crippen LogP) is 2.91. The third kappa shape index (κ3) is 3.17. The lowest BCUT2D eigenvalue weighted by atomic mass is 10.3. The monoisotopic (exact) mass is 360 g/mol. The van der Waals surface area contributed by atoms with Crippen LogP contribution < -0.4 is 5.73 Å². The standard InChI is InChI=1S/C12H13BrN2O2S2/c1-15(8-9-3-2-6-18-9)19(16,17)10-4-5-12(14)11(13)7-10/h2-7H,8,14H2,1H3. The fraction of sp³-hybridized carbons (Fsp3) is 0.167. The van der Waals surface area contributed by atoms with E-state index < -0.39 is 10.0 Å². The Bertz CT molecular complexity index is 669. The minimum atomic E-state index is -3.50. The Morgan fingerprint density at radius 1 is 1.37 bits per heavy atom. The number of nitrogens with zero attached hydrogens (tertiary/aromatic N) is 1. The zero-order valence-electron chi connectivity index (χ0n) is 10.2. The first kappa shape index (κ1) is 14.5. The second-order valence-corrected chi connectivity index (χ2v) is 7.96. The summed E-state index contributed by atoms with van der Waals surface area (Å²) in [4.78, 5) is 1.23.